The van der Waals surface area contributed by atoms with E-state index in [4.69, 9.17) is 9.88 Å². The number of nitrogens with zero attached hydrogens (tertiary/aromatic N) is 4. The number of rotatable bonds is 3. The second kappa shape index (κ2) is 7.79. The minimum absolute atomic E-state index is 0.0125. The van der Waals surface area contributed by atoms with Crippen LogP contribution in [-0.2, 0) is 19.6 Å². The molecular formula is C18H27N5O5S. The Bertz CT molecular complexity index is 873. The van der Waals surface area contributed by atoms with Gasteiger partial charge in [0.1, 0.15) is 16.7 Å². The number of anilines is 2. The molecule has 0 aliphatic carbocycles. The van der Waals surface area contributed by atoms with Crippen LogP contribution in [0.25, 0.3) is 0 Å². The summed E-state index contributed by atoms with van der Waals surface area (Å²) in [5.41, 5.74) is 0.343. The Morgan fingerprint density at radius 3 is 2.34 bits per heavy atom. The van der Waals surface area contributed by atoms with E-state index in [2.05, 4.69) is 9.88 Å². The van der Waals surface area contributed by atoms with E-state index in [1.165, 1.54) is 4.90 Å². The van der Waals surface area contributed by atoms with Crippen LogP contribution in [0.15, 0.2) is 18.3 Å². The smallest absolute Gasteiger partial charge is 0.410 e. The fourth-order valence-corrected chi connectivity index (χ4v) is 4.05. The van der Waals surface area contributed by atoms with Gasteiger partial charge in [-0.05, 0) is 32.9 Å². The summed E-state index contributed by atoms with van der Waals surface area (Å²) in [6, 6.07) is 3.53. The van der Waals surface area contributed by atoms with Crippen LogP contribution in [0, 0.1) is 0 Å². The SMILES string of the molecule is CC(C)(C)OC(=O)N1CCN(c2ccc(N3CC(S(N)(=O)=O)CC3=O)nc2)CC1. The number of amides is 2. The quantitative estimate of drug-likeness (QED) is 0.749. The van der Waals surface area contributed by atoms with Crippen molar-refractivity contribution in [3.05, 3.63) is 18.3 Å². The normalized spacial score (nSPS) is 20.9. The molecule has 160 valence electrons. The molecule has 1 atom stereocenters. The van der Waals surface area contributed by atoms with Crippen molar-refractivity contribution >= 4 is 33.5 Å². The third-order valence-corrected chi connectivity index (χ3v) is 6.10. The third kappa shape index (κ3) is 5.15. The van der Waals surface area contributed by atoms with E-state index in [0.29, 0.717) is 32.0 Å². The van der Waals surface area contributed by atoms with Crippen LogP contribution in [-0.4, -0.2) is 73.9 Å². The molecule has 1 unspecified atom stereocenters. The van der Waals surface area contributed by atoms with E-state index < -0.39 is 20.9 Å². The van der Waals surface area contributed by atoms with Crippen LogP contribution in [0.2, 0.25) is 0 Å². The van der Waals surface area contributed by atoms with Crippen LogP contribution in [0.3, 0.4) is 0 Å². The number of hydrogen-bond donors (Lipinski definition) is 1. The summed E-state index contributed by atoms with van der Waals surface area (Å²) in [5.74, 6) is 0.0903. The van der Waals surface area contributed by atoms with Gasteiger partial charge in [-0.3, -0.25) is 9.69 Å². The van der Waals surface area contributed by atoms with Crippen molar-refractivity contribution in [2.45, 2.75) is 38.0 Å². The Kier molecular flexibility index (Phi) is 5.72. The van der Waals surface area contributed by atoms with E-state index >= 15 is 0 Å². The molecule has 1 aromatic heterocycles. The van der Waals surface area contributed by atoms with Gasteiger partial charge in [0, 0.05) is 39.1 Å². The maximum Gasteiger partial charge on any atom is 0.410 e. The number of piperazine rings is 1. The van der Waals surface area contributed by atoms with Crippen LogP contribution in [0.1, 0.15) is 27.2 Å². The van der Waals surface area contributed by atoms with E-state index in [0.717, 1.165) is 5.69 Å². The lowest BCUT2D eigenvalue weighted by Gasteiger charge is -2.36. The molecule has 1 aromatic rings. The van der Waals surface area contributed by atoms with Gasteiger partial charge in [0.05, 0.1) is 11.9 Å². The van der Waals surface area contributed by atoms with Gasteiger partial charge in [-0.1, -0.05) is 0 Å². The topological polar surface area (TPSA) is 126 Å². The van der Waals surface area contributed by atoms with Crippen molar-refractivity contribution in [2.24, 2.45) is 5.14 Å². The van der Waals surface area contributed by atoms with Gasteiger partial charge in [0.25, 0.3) is 0 Å². The van der Waals surface area contributed by atoms with Gasteiger partial charge in [-0.15, -0.1) is 0 Å². The molecule has 2 saturated heterocycles. The number of sulfonamides is 1. The summed E-state index contributed by atoms with van der Waals surface area (Å²) in [6.07, 6.45) is 1.20. The van der Waals surface area contributed by atoms with Crippen LogP contribution in [0.5, 0.6) is 0 Å². The first-order chi connectivity index (χ1) is 13.4. The maximum absolute atomic E-state index is 12.2. The zero-order valence-corrected chi connectivity index (χ0v) is 17.7. The zero-order valence-electron chi connectivity index (χ0n) is 16.9. The average Bonchev–Trinajstić information content (AvgIpc) is 3.03. The van der Waals surface area contributed by atoms with Gasteiger partial charge in [0.15, 0.2) is 0 Å². The summed E-state index contributed by atoms with van der Waals surface area (Å²) in [6.45, 7) is 7.87. The number of ether oxygens (including phenoxy) is 1. The van der Waals surface area contributed by atoms with Crippen LogP contribution < -0.4 is 14.9 Å². The van der Waals surface area contributed by atoms with Gasteiger partial charge >= 0.3 is 6.09 Å². The number of aromatic nitrogens is 1. The predicted octanol–water partition coefficient (Wildman–Crippen LogP) is 0.533. The molecule has 2 N–H and O–H groups in total. The molecule has 10 nitrogen and oxygen atoms in total. The molecule has 2 aliphatic rings. The molecule has 0 aromatic carbocycles. The number of carbonyl (C=O) groups is 2. The maximum atomic E-state index is 12.2. The Morgan fingerprint density at radius 2 is 1.86 bits per heavy atom. The fourth-order valence-electron chi connectivity index (χ4n) is 3.31. The molecule has 0 bridgehead atoms. The molecule has 2 fully saturated rings. The largest absolute Gasteiger partial charge is 0.444 e. The van der Waals surface area contributed by atoms with Gasteiger partial charge < -0.3 is 14.5 Å². The van der Waals surface area contributed by atoms with Gasteiger partial charge in [0.2, 0.25) is 15.9 Å². The lowest BCUT2D eigenvalue weighted by Crippen LogP contribution is -2.50. The molecule has 11 heteroatoms. The highest BCUT2D eigenvalue weighted by atomic mass is 32.2. The minimum atomic E-state index is -3.77. The Labute approximate surface area is 170 Å². The van der Waals surface area contributed by atoms with Crippen LogP contribution >= 0.6 is 0 Å². The minimum Gasteiger partial charge on any atom is -0.444 e. The van der Waals surface area contributed by atoms with E-state index in [1.807, 2.05) is 26.8 Å². The predicted molar refractivity (Wildman–Crippen MR) is 108 cm³/mol. The van der Waals surface area contributed by atoms with Crippen molar-refractivity contribution < 1.29 is 22.7 Å². The van der Waals surface area contributed by atoms with E-state index in [1.54, 1.807) is 17.2 Å². The zero-order chi connectivity index (χ0) is 21.4. The molecule has 3 rings (SSSR count). The van der Waals surface area contributed by atoms with Gasteiger partial charge in [-0.2, -0.15) is 0 Å². The summed E-state index contributed by atoms with van der Waals surface area (Å²) in [4.78, 5) is 33.7. The van der Waals surface area contributed by atoms with E-state index in [9.17, 15) is 18.0 Å². The monoisotopic (exact) mass is 425 g/mol. The number of pyridine rings is 1. The molecule has 2 aliphatic heterocycles. The molecular weight excluding hydrogens is 398 g/mol. The Morgan fingerprint density at radius 1 is 1.21 bits per heavy atom. The van der Waals surface area contributed by atoms with E-state index in [-0.39, 0.29) is 25.0 Å². The molecule has 0 spiro atoms. The Balaban J connectivity index is 1.59. The molecule has 0 saturated carbocycles. The number of primary sulfonamides is 1. The first kappa shape index (κ1) is 21.3. The van der Waals surface area contributed by atoms with Crippen LogP contribution in [0.4, 0.5) is 16.3 Å². The summed E-state index contributed by atoms with van der Waals surface area (Å²) in [7, 11) is -3.77. The first-order valence-corrected chi connectivity index (χ1v) is 11.1. The highest BCUT2D eigenvalue weighted by Crippen LogP contribution is 2.25. The summed E-state index contributed by atoms with van der Waals surface area (Å²) < 4.78 is 28.4. The van der Waals surface area contributed by atoms with Crippen molar-refractivity contribution in [3.63, 3.8) is 0 Å². The second-order valence-corrected chi connectivity index (χ2v) is 10.1. The average molecular weight is 426 g/mol. The molecule has 2 amide bonds. The first-order valence-electron chi connectivity index (χ1n) is 9.45. The van der Waals surface area contributed by atoms with Crippen molar-refractivity contribution in [2.75, 3.05) is 42.5 Å². The Hall–Kier alpha value is -2.40. The summed E-state index contributed by atoms with van der Waals surface area (Å²) in [5, 5.41) is 4.26. The highest BCUT2D eigenvalue weighted by Gasteiger charge is 2.37. The molecule has 3 heterocycles. The molecule has 29 heavy (non-hydrogen) atoms. The van der Waals surface area contributed by atoms with Crippen molar-refractivity contribution in [3.8, 4) is 0 Å². The summed E-state index contributed by atoms with van der Waals surface area (Å²) >= 11 is 0. The standard InChI is InChI=1S/C18H27N5O5S/c1-18(2,3)28-17(25)22-8-6-21(7-9-22)13-4-5-15(20-11-13)23-12-14(10-16(23)24)29(19,26)27/h4-5,11,14H,6-10,12H2,1-3H3,(H2,19,26,27). The highest BCUT2D eigenvalue weighted by molar-refractivity contribution is 7.89. The number of nitrogens with two attached hydrogens (primary N) is 1. The lowest BCUT2D eigenvalue weighted by atomic mass is 10.2. The van der Waals surface area contributed by atoms with Gasteiger partial charge in [-0.25, -0.2) is 23.3 Å². The number of carbonyl (C=O) groups excluding carboxylic acids is 2. The number of hydrogen-bond acceptors (Lipinski definition) is 7. The molecule has 0 radical (unpaired) electrons. The second-order valence-electron chi connectivity index (χ2n) is 8.25. The van der Waals surface area contributed by atoms with Crippen molar-refractivity contribution in [1.29, 1.82) is 0 Å². The third-order valence-electron chi connectivity index (χ3n) is 4.86. The fraction of sp³-hybridized carbons (Fsp3) is 0.611. The van der Waals surface area contributed by atoms with Crippen molar-refractivity contribution in [1.82, 2.24) is 9.88 Å². The lowest BCUT2D eigenvalue weighted by molar-refractivity contribution is -0.117.